The second-order valence-electron chi connectivity index (χ2n) is 5.64. The maximum Gasteiger partial charge on any atom is 0.272 e. The predicted molar refractivity (Wildman–Crippen MR) is 91.1 cm³/mol. The molecule has 112 valence electrons. The predicted octanol–water partition coefficient (Wildman–Crippen LogP) is 4.15. The van der Waals surface area contributed by atoms with Crippen molar-refractivity contribution in [1.29, 1.82) is 0 Å². The van der Waals surface area contributed by atoms with Gasteiger partial charge in [0.15, 0.2) is 0 Å². The molecule has 0 saturated heterocycles. The average molecular weight is 292 g/mol. The van der Waals surface area contributed by atoms with Crippen molar-refractivity contribution in [3.8, 4) is 22.4 Å². The maximum atomic E-state index is 12.5. The lowest BCUT2D eigenvalue weighted by molar-refractivity contribution is 0.660. The molecule has 0 bridgehead atoms. The molecule has 3 nitrogen and oxygen atoms in total. The molecule has 0 aliphatic rings. The Balaban J connectivity index is 2.26. The SMILES string of the molecule is CCn1[nH]c(=O)c(-c2ccc(C)cc2)c1-c1ccc(C)cc1. The molecule has 0 radical (unpaired) electrons. The van der Waals surface area contributed by atoms with Crippen LogP contribution in [0.5, 0.6) is 0 Å². The molecule has 0 amide bonds. The number of rotatable bonds is 3. The Morgan fingerprint density at radius 2 is 1.36 bits per heavy atom. The fourth-order valence-corrected chi connectivity index (χ4v) is 2.71. The highest BCUT2D eigenvalue weighted by atomic mass is 16.1. The molecule has 1 N–H and O–H groups in total. The summed E-state index contributed by atoms with van der Waals surface area (Å²) in [6, 6.07) is 16.4. The lowest BCUT2D eigenvalue weighted by Crippen LogP contribution is -2.05. The second-order valence-corrected chi connectivity index (χ2v) is 5.64. The van der Waals surface area contributed by atoms with E-state index in [2.05, 4.69) is 36.3 Å². The number of hydrogen-bond acceptors (Lipinski definition) is 1. The van der Waals surface area contributed by atoms with Crippen molar-refractivity contribution in [2.45, 2.75) is 27.3 Å². The Morgan fingerprint density at radius 3 is 1.86 bits per heavy atom. The monoisotopic (exact) mass is 292 g/mol. The van der Waals surface area contributed by atoms with Gasteiger partial charge >= 0.3 is 0 Å². The number of nitrogens with one attached hydrogen (secondary N) is 1. The molecule has 1 heterocycles. The Hall–Kier alpha value is -2.55. The normalized spacial score (nSPS) is 10.9. The molecule has 22 heavy (non-hydrogen) atoms. The van der Waals surface area contributed by atoms with E-state index in [1.807, 2.05) is 42.8 Å². The van der Waals surface area contributed by atoms with E-state index in [1.165, 1.54) is 11.1 Å². The van der Waals surface area contributed by atoms with Gasteiger partial charge in [0, 0.05) is 12.1 Å². The van der Waals surface area contributed by atoms with E-state index in [0.29, 0.717) is 0 Å². The number of aryl methyl sites for hydroxylation is 3. The number of hydrogen-bond donors (Lipinski definition) is 1. The van der Waals surface area contributed by atoms with Gasteiger partial charge in [-0.05, 0) is 26.3 Å². The summed E-state index contributed by atoms with van der Waals surface area (Å²) in [4.78, 5) is 12.5. The Bertz CT molecular complexity index is 837. The minimum atomic E-state index is -0.0405. The van der Waals surface area contributed by atoms with Crippen LogP contribution in [0.15, 0.2) is 53.3 Å². The van der Waals surface area contributed by atoms with Crippen molar-refractivity contribution in [3.63, 3.8) is 0 Å². The summed E-state index contributed by atoms with van der Waals surface area (Å²) in [6.07, 6.45) is 0. The molecule has 3 aromatic rings. The molecular formula is C19H20N2O. The van der Waals surface area contributed by atoms with Crippen molar-refractivity contribution in [2.75, 3.05) is 0 Å². The van der Waals surface area contributed by atoms with Crippen molar-refractivity contribution in [3.05, 3.63) is 70.0 Å². The highest BCUT2D eigenvalue weighted by Crippen LogP contribution is 2.29. The first-order chi connectivity index (χ1) is 10.6. The average Bonchev–Trinajstić information content (AvgIpc) is 2.85. The van der Waals surface area contributed by atoms with Crippen LogP contribution >= 0.6 is 0 Å². The smallest absolute Gasteiger partial charge is 0.272 e. The van der Waals surface area contributed by atoms with Gasteiger partial charge in [-0.2, -0.15) is 0 Å². The molecule has 0 unspecified atom stereocenters. The van der Waals surface area contributed by atoms with Crippen molar-refractivity contribution < 1.29 is 0 Å². The van der Waals surface area contributed by atoms with Gasteiger partial charge < -0.3 is 0 Å². The molecule has 3 rings (SSSR count). The summed E-state index contributed by atoms with van der Waals surface area (Å²) < 4.78 is 1.92. The van der Waals surface area contributed by atoms with Crippen LogP contribution in [0.25, 0.3) is 22.4 Å². The molecular weight excluding hydrogens is 272 g/mol. The molecule has 3 heteroatoms. The number of nitrogens with zero attached hydrogens (tertiary/aromatic N) is 1. The Kier molecular flexibility index (Phi) is 3.72. The molecule has 0 saturated carbocycles. The van der Waals surface area contributed by atoms with Gasteiger partial charge in [0.2, 0.25) is 0 Å². The molecule has 0 aliphatic heterocycles. The van der Waals surface area contributed by atoms with Crippen LogP contribution in [-0.4, -0.2) is 9.78 Å². The Morgan fingerprint density at radius 1 is 0.864 bits per heavy atom. The van der Waals surface area contributed by atoms with Crippen LogP contribution in [0.4, 0.5) is 0 Å². The maximum absolute atomic E-state index is 12.5. The van der Waals surface area contributed by atoms with E-state index in [4.69, 9.17) is 0 Å². The molecule has 2 aromatic carbocycles. The van der Waals surface area contributed by atoms with Crippen LogP contribution in [0.1, 0.15) is 18.1 Å². The van der Waals surface area contributed by atoms with Crippen LogP contribution in [-0.2, 0) is 6.54 Å². The molecule has 0 atom stereocenters. The van der Waals surface area contributed by atoms with Gasteiger partial charge in [-0.3, -0.25) is 14.6 Å². The van der Waals surface area contributed by atoms with Gasteiger partial charge in [-0.25, -0.2) is 0 Å². The number of aromatic amines is 1. The first kappa shape index (κ1) is 14.4. The second kappa shape index (κ2) is 5.68. The van der Waals surface area contributed by atoms with Crippen molar-refractivity contribution in [1.82, 2.24) is 9.78 Å². The minimum Gasteiger partial charge on any atom is -0.284 e. The third-order valence-corrected chi connectivity index (χ3v) is 3.95. The lowest BCUT2D eigenvalue weighted by Gasteiger charge is -2.09. The van der Waals surface area contributed by atoms with Gasteiger partial charge in [0.05, 0.1) is 11.3 Å². The van der Waals surface area contributed by atoms with Crippen molar-refractivity contribution >= 4 is 0 Å². The summed E-state index contributed by atoms with van der Waals surface area (Å²) in [7, 11) is 0. The third-order valence-electron chi connectivity index (χ3n) is 3.95. The van der Waals surface area contributed by atoms with Gasteiger partial charge in [-0.1, -0.05) is 59.7 Å². The van der Waals surface area contributed by atoms with E-state index in [0.717, 1.165) is 28.9 Å². The zero-order valence-corrected chi connectivity index (χ0v) is 13.2. The van der Waals surface area contributed by atoms with Crippen LogP contribution < -0.4 is 5.56 Å². The Labute approximate surface area is 130 Å². The van der Waals surface area contributed by atoms with E-state index >= 15 is 0 Å². The standard InChI is InChI=1S/C19H20N2O/c1-4-21-18(16-11-7-14(3)8-12-16)17(19(22)20-21)15-9-5-13(2)6-10-15/h5-12H,4H2,1-3H3,(H,20,22). The zero-order chi connectivity index (χ0) is 15.7. The summed E-state index contributed by atoms with van der Waals surface area (Å²) in [5.74, 6) is 0. The van der Waals surface area contributed by atoms with Crippen LogP contribution in [0.3, 0.4) is 0 Å². The first-order valence-electron chi connectivity index (χ1n) is 7.57. The third kappa shape index (κ3) is 2.50. The van der Waals surface area contributed by atoms with Gasteiger partial charge in [-0.15, -0.1) is 0 Å². The molecule has 0 spiro atoms. The van der Waals surface area contributed by atoms with Crippen LogP contribution in [0.2, 0.25) is 0 Å². The quantitative estimate of drug-likeness (QED) is 0.773. The van der Waals surface area contributed by atoms with Crippen molar-refractivity contribution in [2.24, 2.45) is 0 Å². The topological polar surface area (TPSA) is 37.8 Å². The number of aromatic nitrogens is 2. The fraction of sp³-hybridized carbons (Fsp3) is 0.211. The van der Waals surface area contributed by atoms with E-state index < -0.39 is 0 Å². The molecule has 0 fully saturated rings. The zero-order valence-electron chi connectivity index (χ0n) is 13.2. The highest BCUT2D eigenvalue weighted by molar-refractivity contribution is 5.80. The minimum absolute atomic E-state index is 0.0405. The summed E-state index contributed by atoms with van der Waals surface area (Å²) in [5.41, 5.74) is 6.06. The summed E-state index contributed by atoms with van der Waals surface area (Å²) >= 11 is 0. The molecule has 0 aliphatic carbocycles. The molecule has 1 aromatic heterocycles. The number of benzene rings is 2. The summed E-state index contributed by atoms with van der Waals surface area (Å²) in [5, 5.41) is 2.95. The highest BCUT2D eigenvalue weighted by Gasteiger charge is 2.17. The van der Waals surface area contributed by atoms with Crippen LogP contribution in [0, 0.1) is 13.8 Å². The van der Waals surface area contributed by atoms with Gasteiger partial charge in [0.1, 0.15) is 0 Å². The fourth-order valence-electron chi connectivity index (χ4n) is 2.71. The lowest BCUT2D eigenvalue weighted by atomic mass is 10.00. The van der Waals surface area contributed by atoms with Gasteiger partial charge in [0.25, 0.3) is 5.56 Å². The van der Waals surface area contributed by atoms with E-state index in [-0.39, 0.29) is 5.56 Å². The van der Waals surface area contributed by atoms with E-state index in [1.54, 1.807) is 0 Å². The first-order valence-corrected chi connectivity index (χ1v) is 7.57. The van der Waals surface area contributed by atoms with E-state index in [9.17, 15) is 4.79 Å². The summed E-state index contributed by atoms with van der Waals surface area (Å²) in [6.45, 7) is 6.87. The largest absolute Gasteiger partial charge is 0.284 e. The number of H-pyrrole nitrogens is 1.